The first-order chi connectivity index (χ1) is 17.5. The number of pyridine rings is 1. The number of para-hydroxylation sites is 1. The van der Waals surface area contributed by atoms with Crippen LogP contribution in [-0.4, -0.2) is 21.6 Å². The van der Waals surface area contributed by atoms with Crippen molar-refractivity contribution < 1.29 is 35.6 Å². The summed E-state index contributed by atoms with van der Waals surface area (Å²) in [5.74, 6) is 1.55. The van der Waals surface area contributed by atoms with Gasteiger partial charge in [0.1, 0.15) is 28.3 Å². The summed E-state index contributed by atoms with van der Waals surface area (Å²) in [5.41, 5.74) is 2.03. The van der Waals surface area contributed by atoms with Gasteiger partial charge in [0.25, 0.3) is 0 Å². The summed E-state index contributed by atoms with van der Waals surface area (Å²) in [6.45, 7) is 13.4. The maximum Gasteiger partial charge on any atom is 0.217 e. The smallest absolute Gasteiger partial charge is 0.217 e. The zero-order chi connectivity index (χ0) is 26.2. The molecule has 1 aliphatic carbocycles. The van der Waals surface area contributed by atoms with Crippen LogP contribution in [0.25, 0.3) is 10.9 Å². The summed E-state index contributed by atoms with van der Waals surface area (Å²) >= 11 is 0. The number of aromatic hydroxyl groups is 1. The minimum atomic E-state index is -0.603. The summed E-state index contributed by atoms with van der Waals surface area (Å²) in [6, 6.07) is 26.6. The van der Waals surface area contributed by atoms with Crippen molar-refractivity contribution in [3.63, 3.8) is 0 Å². The maximum atomic E-state index is 10.2. The number of aromatic nitrogens is 1. The molecule has 2 atom stereocenters. The van der Waals surface area contributed by atoms with Crippen molar-refractivity contribution in [1.82, 2.24) is 4.98 Å². The van der Waals surface area contributed by atoms with E-state index in [9.17, 15) is 5.11 Å². The first kappa shape index (κ1) is 26.4. The van der Waals surface area contributed by atoms with Gasteiger partial charge in [-0.15, -0.1) is 18.2 Å². The normalized spacial score (nSPS) is 23.2. The molecule has 0 amide bonds. The van der Waals surface area contributed by atoms with E-state index in [0.29, 0.717) is 23.0 Å². The quantitative estimate of drug-likeness (QED) is 0.230. The van der Waals surface area contributed by atoms with E-state index in [1.807, 2.05) is 30.3 Å². The van der Waals surface area contributed by atoms with Crippen LogP contribution in [0, 0.1) is 11.5 Å². The van der Waals surface area contributed by atoms with E-state index in [2.05, 4.69) is 76.9 Å². The van der Waals surface area contributed by atoms with E-state index in [-0.39, 0.29) is 37.6 Å². The van der Waals surface area contributed by atoms with Crippen LogP contribution in [0.2, 0.25) is 0 Å². The average Bonchev–Trinajstić information content (AvgIpc) is 3.27. The molecule has 5 nitrogen and oxygen atoms in total. The number of rotatable bonds is 3. The van der Waals surface area contributed by atoms with Gasteiger partial charge in [-0.05, 0) is 30.2 Å². The largest absolute Gasteiger partial charge is 0.510 e. The number of aliphatic imine (C=N–C) groups is 1. The zero-order valence-corrected chi connectivity index (χ0v) is 24.7. The Labute approximate surface area is 238 Å². The van der Waals surface area contributed by atoms with E-state index in [1.54, 1.807) is 18.2 Å². The van der Waals surface area contributed by atoms with E-state index in [4.69, 9.17) is 14.5 Å². The predicted molar refractivity (Wildman–Crippen MR) is 145 cm³/mol. The van der Waals surface area contributed by atoms with Crippen molar-refractivity contribution in [2.75, 3.05) is 0 Å². The summed E-state index contributed by atoms with van der Waals surface area (Å²) < 4.78 is 13.1. The Morgan fingerprint density at radius 3 is 2.32 bits per heavy atom. The Morgan fingerprint density at radius 1 is 0.868 bits per heavy atom. The maximum absolute atomic E-state index is 10.2. The van der Waals surface area contributed by atoms with E-state index >= 15 is 0 Å². The van der Waals surface area contributed by atoms with Crippen molar-refractivity contribution in [3.8, 4) is 17.4 Å². The number of hydrogen-bond acceptors (Lipinski definition) is 5. The molecular weight excluding hydrogens is 655 g/mol. The van der Waals surface area contributed by atoms with E-state index in [0.717, 1.165) is 10.9 Å². The third kappa shape index (κ3) is 3.47. The summed E-state index contributed by atoms with van der Waals surface area (Å²) in [6.07, 6.45) is 0. The first-order valence-corrected chi connectivity index (χ1v) is 12.7. The fourth-order valence-electron chi connectivity index (χ4n) is 7.03. The first-order valence-electron chi connectivity index (χ1n) is 12.7. The molecule has 0 fully saturated rings. The van der Waals surface area contributed by atoms with Crippen LogP contribution in [-0.2, 0) is 36.8 Å². The standard InChI is InChI=1S/C32H31N2O3.Pt/c1-29(2,3)32-30(4,5)23-14-7-8-15-24(23)31(32,6)34-28(37-32)21-12-9-13-22(19-21)36-26-18-17-20-11-10-16-25(35)27(20)33-26;/h7-18,35H,1-6H3;/q-1;/t31-,32+;/m0./s1. The Morgan fingerprint density at radius 2 is 1.58 bits per heavy atom. The topological polar surface area (TPSA) is 63.9 Å². The number of ether oxygens (including phenoxy) is 2. The molecule has 0 unspecified atom stereocenters. The Bertz CT molecular complexity index is 1590. The van der Waals surface area contributed by atoms with Crippen LogP contribution in [0.3, 0.4) is 0 Å². The fraction of sp³-hybridized carbons (Fsp3) is 0.312. The SMILES string of the molecule is CC(C)(C)[C@]12OC(c3[c-]c(Oc4ccc5cccc(O)c5n4)ccc3)=N[C@@]1(C)c1ccccc1C2(C)C.[Pt]. The van der Waals surface area contributed by atoms with Crippen LogP contribution in [0.1, 0.15) is 58.2 Å². The molecule has 1 aliphatic heterocycles. The van der Waals surface area contributed by atoms with Gasteiger partial charge >= 0.3 is 0 Å². The number of fused-ring (bicyclic) bond motifs is 4. The van der Waals surface area contributed by atoms with Crippen molar-refractivity contribution in [3.05, 3.63) is 95.6 Å². The molecule has 2 aliphatic rings. The van der Waals surface area contributed by atoms with Crippen LogP contribution in [0.5, 0.6) is 17.4 Å². The van der Waals surface area contributed by atoms with Crippen LogP contribution in [0.4, 0.5) is 0 Å². The second-order valence-corrected chi connectivity index (χ2v) is 11.7. The van der Waals surface area contributed by atoms with Gasteiger partial charge < -0.3 is 14.6 Å². The fourth-order valence-corrected chi connectivity index (χ4v) is 7.03. The number of benzene rings is 3. The average molecular weight is 687 g/mol. The number of phenolic OH excluding ortho intramolecular Hbond substituents is 1. The molecular formula is C32H31N2O3Pt-. The van der Waals surface area contributed by atoms with Crippen molar-refractivity contribution in [2.45, 2.75) is 58.1 Å². The van der Waals surface area contributed by atoms with E-state index < -0.39 is 11.1 Å². The third-order valence-electron chi connectivity index (χ3n) is 8.21. The van der Waals surface area contributed by atoms with Gasteiger partial charge in [-0.3, -0.25) is 4.99 Å². The Balaban J connectivity index is 0.00000294. The minimum Gasteiger partial charge on any atom is -0.510 e. The number of phenols is 1. The molecule has 0 spiro atoms. The Hall–Kier alpha value is -3.17. The molecule has 38 heavy (non-hydrogen) atoms. The van der Waals surface area contributed by atoms with E-state index in [1.165, 1.54) is 11.1 Å². The van der Waals surface area contributed by atoms with Crippen molar-refractivity contribution in [2.24, 2.45) is 10.4 Å². The molecule has 198 valence electrons. The molecule has 1 aromatic heterocycles. The van der Waals surface area contributed by atoms with Gasteiger partial charge in [-0.1, -0.05) is 82.6 Å². The van der Waals surface area contributed by atoms with Gasteiger partial charge in [0.15, 0.2) is 0 Å². The van der Waals surface area contributed by atoms with Gasteiger partial charge in [0.05, 0.1) is 0 Å². The summed E-state index contributed by atoms with van der Waals surface area (Å²) in [7, 11) is 0. The summed E-state index contributed by atoms with van der Waals surface area (Å²) in [5, 5.41) is 11.0. The molecule has 0 radical (unpaired) electrons. The van der Waals surface area contributed by atoms with Gasteiger partial charge in [-0.25, -0.2) is 4.98 Å². The van der Waals surface area contributed by atoms with Crippen molar-refractivity contribution in [1.29, 1.82) is 0 Å². The summed E-state index contributed by atoms with van der Waals surface area (Å²) in [4.78, 5) is 9.78. The molecule has 6 rings (SSSR count). The van der Waals surface area contributed by atoms with Gasteiger partial charge in [-0.2, -0.15) is 0 Å². The molecule has 0 saturated heterocycles. The van der Waals surface area contributed by atoms with Crippen molar-refractivity contribution >= 4 is 16.8 Å². The number of hydrogen-bond donors (Lipinski definition) is 1. The number of nitrogens with zero attached hydrogens (tertiary/aromatic N) is 2. The third-order valence-corrected chi connectivity index (χ3v) is 8.21. The second-order valence-electron chi connectivity index (χ2n) is 11.7. The van der Waals surface area contributed by atoms with Crippen LogP contribution >= 0.6 is 0 Å². The monoisotopic (exact) mass is 686 g/mol. The van der Waals surface area contributed by atoms with Crippen LogP contribution < -0.4 is 4.74 Å². The minimum absolute atomic E-state index is 0. The molecule has 1 N–H and O–H groups in total. The zero-order valence-electron chi connectivity index (χ0n) is 22.4. The second kappa shape index (κ2) is 8.67. The van der Waals surface area contributed by atoms with Gasteiger partial charge in [0, 0.05) is 49.1 Å². The predicted octanol–water partition coefficient (Wildman–Crippen LogP) is 7.30. The molecule has 4 aromatic rings. The molecule has 0 saturated carbocycles. The molecule has 3 aromatic carbocycles. The molecule has 0 bridgehead atoms. The molecule has 6 heteroatoms. The van der Waals surface area contributed by atoms with Crippen LogP contribution in [0.15, 0.2) is 77.8 Å². The Kier molecular flexibility index (Phi) is 6.03. The molecule has 2 heterocycles. The van der Waals surface area contributed by atoms with Gasteiger partial charge in [0.2, 0.25) is 5.88 Å².